The Morgan fingerprint density at radius 3 is 3.00 bits per heavy atom. The highest BCUT2D eigenvalue weighted by Crippen LogP contribution is 2.18. The van der Waals surface area contributed by atoms with Gasteiger partial charge in [0.05, 0.1) is 6.04 Å². The summed E-state index contributed by atoms with van der Waals surface area (Å²) in [5.74, 6) is 0.793. The van der Waals surface area contributed by atoms with Gasteiger partial charge in [-0.15, -0.1) is 11.3 Å². The Balaban J connectivity index is 1.54. The third kappa shape index (κ3) is 3.65. The second kappa shape index (κ2) is 6.90. The van der Waals surface area contributed by atoms with Crippen LogP contribution in [0.25, 0.3) is 0 Å². The van der Waals surface area contributed by atoms with E-state index in [-0.39, 0.29) is 6.04 Å². The zero-order valence-electron chi connectivity index (χ0n) is 12.8. The Labute approximate surface area is 131 Å². The summed E-state index contributed by atoms with van der Waals surface area (Å²) in [6.45, 7) is 8.05. The first-order valence-electron chi connectivity index (χ1n) is 8.01. The highest BCUT2D eigenvalue weighted by molar-refractivity contribution is 7.09. The molecule has 2 aliphatic rings. The third-order valence-electron chi connectivity index (χ3n) is 4.66. The molecule has 3 heterocycles. The van der Waals surface area contributed by atoms with Gasteiger partial charge >= 0.3 is 0 Å². The monoisotopic (exact) mass is 307 g/mol. The standard InChI is InChI=1S/C16H25N3OS/c1-13-5-6-17-15(13)16(20)19-8-3-7-18(9-10-19)12-14-4-2-11-21-14/h2,4,11,13,15,17H,3,5-10,12H2,1H3. The first-order valence-corrected chi connectivity index (χ1v) is 8.89. The SMILES string of the molecule is CC1CCNC1C(=O)N1CCCN(Cc2cccs2)CC1. The minimum Gasteiger partial charge on any atom is -0.340 e. The van der Waals surface area contributed by atoms with E-state index >= 15 is 0 Å². The molecule has 2 unspecified atom stereocenters. The van der Waals surface area contributed by atoms with Gasteiger partial charge in [0.25, 0.3) is 0 Å². The van der Waals surface area contributed by atoms with E-state index < -0.39 is 0 Å². The fourth-order valence-corrected chi connectivity index (χ4v) is 4.08. The van der Waals surface area contributed by atoms with E-state index in [4.69, 9.17) is 0 Å². The molecule has 4 nitrogen and oxygen atoms in total. The number of amides is 1. The molecule has 1 aromatic heterocycles. The highest BCUT2D eigenvalue weighted by Gasteiger charge is 2.33. The number of nitrogens with zero attached hydrogens (tertiary/aromatic N) is 2. The molecule has 0 saturated carbocycles. The average Bonchev–Trinajstić information content (AvgIpc) is 3.07. The highest BCUT2D eigenvalue weighted by atomic mass is 32.1. The minimum atomic E-state index is 0.0499. The molecule has 0 bridgehead atoms. The van der Waals surface area contributed by atoms with Crippen LogP contribution in [0.4, 0.5) is 0 Å². The van der Waals surface area contributed by atoms with Crippen LogP contribution in [0.3, 0.4) is 0 Å². The van der Waals surface area contributed by atoms with Crippen LogP contribution in [0.2, 0.25) is 0 Å². The molecule has 2 aliphatic heterocycles. The number of hydrogen-bond acceptors (Lipinski definition) is 4. The maximum Gasteiger partial charge on any atom is 0.240 e. The summed E-state index contributed by atoms with van der Waals surface area (Å²) < 4.78 is 0. The maximum atomic E-state index is 12.6. The molecule has 1 amide bonds. The van der Waals surface area contributed by atoms with Crippen LogP contribution < -0.4 is 5.32 Å². The van der Waals surface area contributed by atoms with E-state index in [1.54, 1.807) is 0 Å². The number of hydrogen-bond donors (Lipinski definition) is 1. The van der Waals surface area contributed by atoms with E-state index in [1.165, 1.54) is 4.88 Å². The van der Waals surface area contributed by atoms with Crippen molar-refractivity contribution >= 4 is 17.2 Å². The number of thiophene rings is 1. The first-order chi connectivity index (χ1) is 10.2. The first kappa shape index (κ1) is 15.0. The van der Waals surface area contributed by atoms with Gasteiger partial charge < -0.3 is 10.2 Å². The van der Waals surface area contributed by atoms with Gasteiger partial charge in [-0.25, -0.2) is 0 Å². The van der Waals surface area contributed by atoms with Gasteiger partial charge in [-0.05, 0) is 36.8 Å². The van der Waals surface area contributed by atoms with Crippen molar-refractivity contribution in [1.29, 1.82) is 0 Å². The summed E-state index contributed by atoms with van der Waals surface area (Å²) in [6.07, 6.45) is 2.20. The van der Waals surface area contributed by atoms with Crippen LogP contribution in [0.5, 0.6) is 0 Å². The fraction of sp³-hybridized carbons (Fsp3) is 0.688. The zero-order valence-corrected chi connectivity index (χ0v) is 13.6. The molecule has 116 valence electrons. The van der Waals surface area contributed by atoms with Crippen LogP contribution in [0.1, 0.15) is 24.6 Å². The lowest BCUT2D eigenvalue weighted by atomic mass is 10.0. The predicted molar refractivity (Wildman–Crippen MR) is 86.4 cm³/mol. The lowest BCUT2D eigenvalue weighted by molar-refractivity contribution is -0.133. The number of carbonyl (C=O) groups is 1. The van der Waals surface area contributed by atoms with Crippen LogP contribution in [-0.2, 0) is 11.3 Å². The summed E-state index contributed by atoms with van der Waals surface area (Å²) in [5, 5.41) is 5.50. The Morgan fingerprint density at radius 1 is 1.38 bits per heavy atom. The van der Waals surface area contributed by atoms with Crippen molar-refractivity contribution in [3.63, 3.8) is 0 Å². The number of rotatable bonds is 3. The molecule has 2 atom stereocenters. The van der Waals surface area contributed by atoms with Crippen molar-refractivity contribution in [3.05, 3.63) is 22.4 Å². The zero-order chi connectivity index (χ0) is 14.7. The second-order valence-electron chi connectivity index (χ2n) is 6.23. The topological polar surface area (TPSA) is 35.6 Å². The summed E-state index contributed by atoms with van der Waals surface area (Å²) in [4.78, 5) is 18.6. The van der Waals surface area contributed by atoms with Gasteiger partial charge in [0.2, 0.25) is 5.91 Å². The van der Waals surface area contributed by atoms with Crippen molar-refractivity contribution in [2.75, 3.05) is 32.7 Å². The van der Waals surface area contributed by atoms with E-state index in [2.05, 4.69) is 39.6 Å². The molecule has 0 radical (unpaired) electrons. The summed E-state index contributed by atoms with van der Waals surface area (Å²) in [6, 6.07) is 4.36. The van der Waals surface area contributed by atoms with Crippen LogP contribution in [0, 0.1) is 5.92 Å². The van der Waals surface area contributed by atoms with Gasteiger partial charge in [0, 0.05) is 37.6 Å². The van der Waals surface area contributed by atoms with Gasteiger partial charge in [-0.1, -0.05) is 13.0 Å². The van der Waals surface area contributed by atoms with Gasteiger partial charge in [0.15, 0.2) is 0 Å². The lowest BCUT2D eigenvalue weighted by Crippen LogP contribution is -2.47. The molecule has 2 fully saturated rings. The molecular formula is C16H25N3OS. The van der Waals surface area contributed by atoms with Crippen LogP contribution >= 0.6 is 11.3 Å². The van der Waals surface area contributed by atoms with E-state index in [0.29, 0.717) is 11.8 Å². The van der Waals surface area contributed by atoms with Gasteiger partial charge in [0.1, 0.15) is 0 Å². The van der Waals surface area contributed by atoms with E-state index in [1.807, 2.05) is 11.3 Å². The molecule has 5 heteroatoms. The fourth-order valence-electron chi connectivity index (χ4n) is 3.33. The van der Waals surface area contributed by atoms with Crippen LogP contribution in [-0.4, -0.2) is 54.5 Å². The molecule has 0 spiro atoms. The number of nitrogens with one attached hydrogen (secondary N) is 1. The summed E-state index contributed by atoms with van der Waals surface area (Å²) in [5.41, 5.74) is 0. The molecule has 1 aromatic rings. The quantitative estimate of drug-likeness (QED) is 0.924. The Morgan fingerprint density at radius 2 is 2.29 bits per heavy atom. The second-order valence-corrected chi connectivity index (χ2v) is 7.26. The predicted octanol–water partition coefficient (Wildman–Crippen LogP) is 1.78. The number of carbonyl (C=O) groups excluding carboxylic acids is 1. The summed E-state index contributed by atoms with van der Waals surface area (Å²) >= 11 is 1.82. The van der Waals surface area contributed by atoms with Crippen molar-refractivity contribution in [1.82, 2.24) is 15.1 Å². The van der Waals surface area contributed by atoms with E-state index in [9.17, 15) is 4.79 Å². The van der Waals surface area contributed by atoms with Crippen molar-refractivity contribution in [3.8, 4) is 0 Å². The van der Waals surface area contributed by atoms with Gasteiger partial charge in [-0.3, -0.25) is 9.69 Å². The van der Waals surface area contributed by atoms with Gasteiger partial charge in [-0.2, -0.15) is 0 Å². The van der Waals surface area contributed by atoms with Crippen molar-refractivity contribution in [2.45, 2.75) is 32.4 Å². The van der Waals surface area contributed by atoms with Crippen molar-refractivity contribution in [2.24, 2.45) is 5.92 Å². The average molecular weight is 307 g/mol. The van der Waals surface area contributed by atoms with E-state index in [0.717, 1.165) is 52.1 Å². The Kier molecular flexibility index (Phi) is 4.93. The molecular weight excluding hydrogens is 282 g/mol. The maximum absolute atomic E-state index is 12.6. The largest absolute Gasteiger partial charge is 0.340 e. The minimum absolute atomic E-state index is 0.0499. The molecule has 1 N–H and O–H groups in total. The Hall–Kier alpha value is -0.910. The van der Waals surface area contributed by atoms with Crippen LogP contribution in [0.15, 0.2) is 17.5 Å². The summed E-state index contributed by atoms with van der Waals surface area (Å²) in [7, 11) is 0. The molecule has 0 aliphatic carbocycles. The molecule has 2 saturated heterocycles. The lowest BCUT2D eigenvalue weighted by Gasteiger charge is -2.26. The molecule has 0 aromatic carbocycles. The molecule has 21 heavy (non-hydrogen) atoms. The normalized spacial score (nSPS) is 27.8. The Bertz CT molecular complexity index is 462. The smallest absolute Gasteiger partial charge is 0.240 e. The third-order valence-corrected chi connectivity index (χ3v) is 5.52. The molecule has 3 rings (SSSR count). The van der Waals surface area contributed by atoms with Crippen molar-refractivity contribution < 1.29 is 4.79 Å².